The number of hydrogen-bond donors (Lipinski definition) is 0. The van der Waals surface area contributed by atoms with Gasteiger partial charge in [-0.3, -0.25) is 9.69 Å². The lowest BCUT2D eigenvalue weighted by molar-refractivity contribution is -0.132. The van der Waals surface area contributed by atoms with Gasteiger partial charge in [0.1, 0.15) is 0 Å². The van der Waals surface area contributed by atoms with Crippen LogP contribution in [0.25, 0.3) is 5.69 Å². The van der Waals surface area contributed by atoms with Gasteiger partial charge in [-0.2, -0.15) is 5.10 Å². The van der Waals surface area contributed by atoms with Gasteiger partial charge < -0.3 is 9.80 Å². The zero-order valence-electron chi connectivity index (χ0n) is 19.5. The first-order valence-corrected chi connectivity index (χ1v) is 11.1. The van der Waals surface area contributed by atoms with Crippen LogP contribution in [0.1, 0.15) is 43.3 Å². The number of benzene rings is 1. The minimum absolute atomic E-state index is 0.216. The summed E-state index contributed by atoms with van der Waals surface area (Å²) < 4.78 is 2.05. The Labute approximate surface area is 181 Å². The number of amides is 1. The summed E-state index contributed by atoms with van der Waals surface area (Å²) in [4.78, 5) is 19.4. The van der Waals surface area contributed by atoms with Gasteiger partial charge in [-0.15, -0.1) is 0 Å². The van der Waals surface area contributed by atoms with E-state index in [4.69, 9.17) is 5.10 Å². The van der Waals surface area contributed by atoms with Crippen molar-refractivity contribution in [3.63, 3.8) is 0 Å². The van der Waals surface area contributed by atoms with E-state index in [2.05, 4.69) is 80.4 Å². The number of carbonyl (C=O) groups is 1. The highest BCUT2D eigenvalue weighted by Gasteiger charge is 2.25. The van der Waals surface area contributed by atoms with Crippen LogP contribution in [-0.2, 0) is 17.8 Å². The number of hydrogen-bond acceptors (Lipinski definition) is 4. The fourth-order valence-electron chi connectivity index (χ4n) is 3.97. The maximum Gasteiger partial charge on any atom is 0.236 e. The van der Waals surface area contributed by atoms with E-state index in [0.29, 0.717) is 12.6 Å². The highest BCUT2D eigenvalue weighted by molar-refractivity contribution is 5.78. The van der Waals surface area contributed by atoms with E-state index in [-0.39, 0.29) is 5.91 Å². The van der Waals surface area contributed by atoms with Crippen LogP contribution in [0.5, 0.6) is 0 Å². The molecular weight excluding hydrogens is 374 g/mol. The minimum atomic E-state index is 0.216. The molecule has 6 heteroatoms. The Morgan fingerprint density at radius 3 is 2.50 bits per heavy atom. The Hall–Kier alpha value is -2.18. The first-order chi connectivity index (χ1) is 14.3. The van der Waals surface area contributed by atoms with Crippen molar-refractivity contribution in [2.45, 2.75) is 53.6 Å². The van der Waals surface area contributed by atoms with E-state index in [1.165, 1.54) is 16.8 Å². The number of fused-ring (bicyclic) bond motifs is 1. The summed E-state index contributed by atoms with van der Waals surface area (Å²) in [6, 6.07) is 8.98. The van der Waals surface area contributed by atoms with E-state index < -0.39 is 0 Å². The number of carbonyl (C=O) groups excluding carboxylic acids is 1. The topological polar surface area (TPSA) is 44.6 Å². The van der Waals surface area contributed by atoms with Gasteiger partial charge in [0.15, 0.2) is 0 Å². The third-order valence-electron chi connectivity index (χ3n) is 6.35. The van der Waals surface area contributed by atoms with Crippen LogP contribution in [-0.4, -0.2) is 76.2 Å². The zero-order valence-corrected chi connectivity index (χ0v) is 19.5. The smallest absolute Gasteiger partial charge is 0.236 e. The van der Waals surface area contributed by atoms with Gasteiger partial charge in [0.25, 0.3) is 0 Å². The quantitative estimate of drug-likeness (QED) is 0.670. The third-order valence-corrected chi connectivity index (χ3v) is 6.35. The lowest BCUT2D eigenvalue weighted by atomic mass is 10.0. The Morgan fingerprint density at radius 1 is 1.17 bits per heavy atom. The summed E-state index contributed by atoms with van der Waals surface area (Å²) in [5, 5.41) is 4.90. The summed E-state index contributed by atoms with van der Waals surface area (Å²) in [5.74, 6) is 0.216. The molecular formula is C24H37N5O. The second-order valence-electron chi connectivity index (χ2n) is 8.77. The van der Waals surface area contributed by atoms with Crippen LogP contribution < -0.4 is 0 Å². The first kappa shape index (κ1) is 22.5. The summed E-state index contributed by atoms with van der Waals surface area (Å²) >= 11 is 0. The standard InChI is InChI=1S/C24H37N5O/c1-7-28(15-14-26(6)18(2)3)24(30)17-27-13-12-22-20(5)29(25-23(22)16-27)21-10-8-19(4)9-11-21/h8-11,18H,7,12-17H2,1-6H3. The monoisotopic (exact) mass is 411 g/mol. The molecule has 164 valence electrons. The molecule has 1 aromatic carbocycles. The summed E-state index contributed by atoms with van der Waals surface area (Å²) in [7, 11) is 2.11. The molecule has 0 aliphatic carbocycles. The second-order valence-corrected chi connectivity index (χ2v) is 8.77. The summed E-state index contributed by atoms with van der Waals surface area (Å²) in [5.41, 5.74) is 6.01. The molecule has 1 aliphatic rings. The van der Waals surface area contributed by atoms with Crippen LogP contribution in [0.3, 0.4) is 0 Å². The minimum Gasteiger partial charge on any atom is -0.341 e. The predicted molar refractivity (Wildman–Crippen MR) is 122 cm³/mol. The molecule has 0 saturated heterocycles. The van der Waals surface area contributed by atoms with E-state index in [0.717, 1.165) is 50.5 Å². The van der Waals surface area contributed by atoms with Crippen LogP contribution >= 0.6 is 0 Å². The molecule has 2 aromatic rings. The van der Waals surface area contributed by atoms with E-state index in [1.54, 1.807) is 0 Å². The lowest BCUT2D eigenvalue weighted by Crippen LogP contribution is -2.45. The molecule has 0 bridgehead atoms. The average molecular weight is 412 g/mol. The molecule has 0 spiro atoms. The highest BCUT2D eigenvalue weighted by atomic mass is 16.2. The van der Waals surface area contributed by atoms with Gasteiger partial charge in [0.2, 0.25) is 5.91 Å². The molecule has 0 fully saturated rings. The molecule has 2 heterocycles. The molecule has 3 rings (SSSR count). The van der Waals surface area contributed by atoms with Crippen molar-refractivity contribution in [3.05, 3.63) is 46.8 Å². The summed E-state index contributed by atoms with van der Waals surface area (Å²) in [6.07, 6.45) is 0.947. The molecule has 0 radical (unpaired) electrons. The van der Waals surface area contributed by atoms with Crippen LogP contribution in [0.15, 0.2) is 24.3 Å². The lowest BCUT2D eigenvalue weighted by Gasteiger charge is -2.30. The van der Waals surface area contributed by atoms with Gasteiger partial charge in [-0.25, -0.2) is 4.68 Å². The Bertz CT molecular complexity index is 855. The normalized spacial score (nSPS) is 14.4. The Morgan fingerprint density at radius 2 is 1.87 bits per heavy atom. The number of aromatic nitrogens is 2. The fourth-order valence-corrected chi connectivity index (χ4v) is 3.97. The maximum absolute atomic E-state index is 12.9. The molecule has 0 atom stereocenters. The number of likely N-dealkylation sites (N-methyl/N-ethyl adjacent to an activating group) is 2. The predicted octanol–water partition coefficient (Wildman–Crippen LogP) is 3.04. The molecule has 6 nitrogen and oxygen atoms in total. The van der Waals surface area contributed by atoms with Crippen LogP contribution in [0.2, 0.25) is 0 Å². The first-order valence-electron chi connectivity index (χ1n) is 11.1. The Kier molecular flexibility index (Phi) is 7.32. The maximum atomic E-state index is 12.9. The van der Waals surface area contributed by atoms with Crippen molar-refractivity contribution < 1.29 is 4.79 Å². The summed E-state index contributed by atoms with van der Waals surface area (Å²) in [6.45, 7) is 15.2. The Balaban J connectivity index is 1.64. The van der Waals surface area contributed by atoms with Crippen molar-refractivity contribution in [1.29, 1.82) is 0 Å². The molecule has 0 unspecified atom stereocenters. The van der Waals surface area contributed by atoms with E-state index in [9.17, 15) is 4.79 Å². The van der Waals surface area contributed by atoms with Crippen LogP contribution in [0, 0.1) is 13.8 Å². The second kappa shape index (κ2) is 9.75. The molecule has 30 heavy (non-hydrogen) atoms. The number of rotatable bonds is 8. The van der Waals surface area contributed by atoms with Crippen molar-refractivity contribution in [3.8, 4) is 5.69 Å². The SMILES string of the molecule is CCN(CCN(C)C(C)C)C(=O)CN1CCc2c(nn(-c3ccc(C)cc3)c2C)C1. The molecule has 1 aromatic heterocycles. The number of nitrogens with zero attached hydrogens (tertiary/aromatic N) is 5. The van der Waals surface area contributed by atoms with Gasteiger partial charge in [-0.1, -0.05) is 17.7 Å². The van der Waals surface area contributed by atoms with Gasteiger partial charge in [-0.05, 0) is 65.8 Å². The third kappa shape index (κ3) is 5.10. The fraction of sp³-hybridized carbons (Fsp3) is 0.583. The largest absolute Gasteiger partial charge is 0.341 e. The van der Waals surface area contributed by atoms with E-state index >= 15 is 0 Å². The van der Waals surface area contributed by atoms with Crippen molar-refractivity contribution in [2.24, 2.45) is 0 Å². The van der Waals surface area contributed by atoms with Gasteiger partial charge >= 0.3 is 0 Å². The molecule has 0 saturated carbocycles. The molecule has 1 aliphatic heterocycles. The molecule has 0 N–H and O–H groups in total. The van der Waals surface area contributed by atoms with Crippen molar-refractivity contribution >= 4 is 5.91 Å². The highest BCUT2D eigenvalue weighted by Crippen LogP contribution is 2.24. The molecule has 1 amide bonds. The van der Waals surface area contributed by atoms with E-state index in [1.807, 2.05) is 4.90 Å². The zero-order chi connectivity index (χ0) is 21.8. The van der Waals surface area contributed by atoms with Crippen molar-refractivity contribution in [2.75, 3.05) is 39.8 Å². The average Bonchev–Trinajstić information content (AvgIpc) is 3.04. The van der Waals surface area contributed by atoms with Crippen molar-refractivity contribution in [1.82, 2.24) is 24.5 Å². The van der Waals surface area contributed by atoms with Gasteiger partial charge in [0.05, 0.1) is 17.9 Å². The van der Waals surface area contributed by atoms with Crippen LogP contribution in [0.4, 0.5) is 0 Å². The van der Waals surface area contributed by atoms with Gasteiger partial charge in [0, 0.05) is 44.5 Å². The number of aryl methyl sites for hydroxylation is 1.